The smallest absolute Gasteiger partial charge is 0.410 e. The zero-order valence-corrected chi connectivity index (χ0v) is 14.4. The third kappa shape index (κ3) is 4.60. The molecular formula is C17H32N2O2. The van der Waals surface area contributed by atoms with Crippen molar-refractivity contribution < 1.29 is 9.53 Å². The number of carbonyl (C=O) groups is 1. The highest BCUT2D eigenvalue weighted by molar-refractivity contribution is 5.68. The molecule has 0 saturated carbocycles. The third-order valence-corrected chi connectivity index (χ3v) is 4.62. The van der Waals surface area contributed by atoms with Crippen LogP contribution in [-0.2, 0) is 4.74 Å². The molecule has 2 saturated heterocycles. The first-order valence-electron chi connectivity index (χ1n) is 8.39. The molecule has 0 unspecified atom stereocenters. The van der Waals surface area contributed by atoms with Crippen molar-refractivity contribution in [2.45, 2.75) is 59.5 Å². The minimum Gasteiger partial charge on any atom is -0.444 e. The van der Waals surface area contributed by atoms with E-state index < -0.39 is 5.60 Å². The SMILES string of the molecule is CC(C)CN1CCC2(CCN(C(=O)OC(C)(C)C)CC2)C1. The number of carbonyl (C=O) groups excluding carboxylic acids is 1. The number of likely N-dealkylation sites (tertiary alicyclic amines) is 2. The van der Waals surface area contributed by atoms with Crippen molar-refractivity contribution in [2.24, 2.45) is 11.3 Å². The van der Waals surface area contributed by atoms with Crippen molar-refractivity contribution in [3.63, 3.8) is 0 Å². The van der Waals surface area contributed by atoms with E-state index >= 15 is 0 Å². The molecular weight excluding hydrogens is 264 g/mol. The summed E-state index contributed by atoms with van der Waals surface area (Å²) in [4.78, 5) is 16.6. The van der Waals surface area contributed by atoms with Gasteiger partial charge in [0.2, 0.25) is 0 Å². The Balaban J connectivity index is 1.82. The molecule has 0 atom stereocenters. The highest BCUT2D eigenvalue weighted by Crippen LogP contribution is 2.40. The molecule has 0 N–H and O–H groups in total. The first kappa shape index (κ1) is 16.6. The predicted molar refractivity (Wildman–Crippen MR) is 85.4 cm³/mol. The minimum atomic E-state index is -0.395. The Morgan fingerprint density at radius 2 is 1.71 bits per heavy atom. The van der Waals surface area contributed by atoms with Gasteiger partial charge in [0.25, 0.3) is 0 Å². The summed E-state index contributed by atoms with van der Waals surface area (Å²) in [5, 5.41) is 0. The standard InChI is InChI=1S/C17H32N2O2/c1-14(2)12-18-9-6-17(13-18)7-10-19(11-8-17)15(20)21-16(3,4)5/h14H,6-13H2,1-5H3. The van der Waals surface area contributed by atoms with Gasteiger partial charge in [-0.2, -0.15) is 0 Å². The fourth-order valence-electron chi connectivity index (χ4n) is 3.60. The van der Waals surface area contributed by atoms with Gasteiger partial charge >= 0.3 is 6.09 Å². The van der Waals surface area contributed by atoms with E-state index in [0.717, 1.165) is 31.8 Å². The second-order valence-corrected chi connectivity index (χ2v) is 8.35. The molecule has 2 heterocycles. The molecule has 0 aliphatic carbocycles. The number of amides is 1. The molecule has 0 aromatic rings. The zero-order valence-electron chi connectivity index (χ0n) is 14.4. The van der Waals surface area contributed by atoms with Gasteiger partial charge in [-0.05, 0) is 57.9 Å². The van der Waals surface area contributed by atoms with Crippen LogP contribution in [0.25, 0.3) is 0 Å². The van der Waals surface area contributed by atoms with Gasteiger partial charge < -0.3 is 14.5 Å². The highest BCUT2D eigenvalue weighted by atomic mass is 16.6. The summed E-state index contributed by atoms with van der Waals surface area (Å²) in [7, 11) is 0. The molecule has 0 aromatic heterocycles. The number of hydrogen-bond donors (Lipinski definition) is 0. The Morgan fingerprint density at radius 3 is 2.24 bits per heavy atom. The van der Waals surface area contributed by atoms with Crippen LogP contribution in [0.5, 0.6) is 0 Å². The van der Waals surface area contributed by atoms with Crippen molar-refractivity contribution in [2.75, 3.05) is 32.7 Å². The van der Waals surface area contributed by atoms with E-state index in [4.69, 9.17) is 4.74 Å². The topological polar surface area (TPSA) is 32.8 Å². The van der Waals surface area contributed by atoms with Gasteiger partial charge in [-0.25, -0.2) is 4.79 Å². The van der Waals surface area contributed by atoms with Crippen molar-refractivity contribution in [3.8, 4) is 0 Å². The number of piperidine rings is 1. The van der Waals surface area contributed by atoms with E-state index in [2.05, 4.69) is 18.7 Å². The molecule has 0 radical (unpaired) electrons. The van der Waals surface area contributed by atoms with Gasteiger partial charge in [0.05, 0.1) is 0 Å². The zero-order chi connectivity index (χ0) is 15.7. The Morgan fingerprint density at radius 1 is 1.14 bits per heavy atom. The van der Waals surface area contributed by atoms with Crippen molar-refractivity contribution in [3.05, 3.63) is 0 Å². The van der Waals surface area contributed by atoms with Crippen molar-refractivity contribution in [1.29, 1.82) is 0 Å². The lowest BCUT2D eigenvalue weighted by molar-refractivity contribution is 0.0109. The summed E-state index contributed by atoms with van der Waals surface area (Å²) in [5.74, 6) is 0.738. The largest absolute Gasteiger partial charge is 0.444 e. The summed E-state index contributed by atoms with van der Waals surface area (Å²) >= 11 is 0. The molecule has 0 bridgehead atoms. The van der Waals surface area contributed by atoms with E-state index in [9.17, 15) is 4.79 Å². The van der Waals surface area contributed by atoms with E-state index in [1.165, 1.54) is 26.1 Å². The first-order chi connectivity index (χ1) is 9.69. The van der Waals surface area contributed by atoms with Crippen LogP contribution in [-0.4, -0.2) is 54.2 Å². The Kier molecular flexibility index (Phi) is 4.86. The van der Waals surface area contributed by atoms with E-state index in [-0.39, 0.29) is 6.09 Å². The van der Waals surface area contributed by atoms with Crippen LogP contribution in [0.3, 0.4) is 0 Å². The summed E-state index contributed by atoms with van der Waals surface area (Å²) in [5.41, 5.74) is 0.0566. The molecule has 4 nitrogen and oxygen atoms in total. The average molecular weight is 296 g/mol. The Labute approximate surface area is 129 Å². The lowest BCUT2D eigenvalue weighted by atomic mass is 9.78. The molecule has 2 aliphatic heterocycles. The van der Waals surface area contributed by atoms with Crippen LogP contribution < -0.4 is 0 Å². The Bertz CT molecular complexity index is 365. The maximum atomic E-state index is 12.1. The molecule has 2 aliphatic rings. The lowest BCUT2D eigenvalue weighted by Gasteiger charge is -2.39. The van der Waals surface area contributed by atoms with Crippen LogP contribution in [0.1, 0.15) is 53.9 Å². The Hall–Kier alpha value is -0.770. The van der Waals surface area contributed by atoms with Crippen LogP contribution in [0, 0.1) is 11.3 Å². The molecule has 21 heavy (non-hydrogen) atoms. The van der Waals surface area contributed by atoms with Gasteiger partial charge in [-0.1, -0.05) is 13.8 Å². The molecule has 0 aromatic carbocycles. The van der Waals surface area contributed by atoms with Crippen LogP contribution >= 0.6 is 0 Å². The van der Waals surface area contributed by atoms with Gasteiger partial charge in [0, 0.05) is 26.2 Å². The van der Waals surface area contributed by atoms with E-state index in [0.29, 0.717) is 5.41 Å². The summed E-state index contributed by atoms with van der Waals surface area (Å²) in [6.07, 6.45) is 3.40. The van der Waals surface area contributed by atoms with Crippen LogP contribution in [0.4, 0.5) is 4.79 Å². The van der Waals surface area contributed by atoms with Gasteiger partial charge in [0.15, 0.2) is 0 Å². The predicted octanol–water partition coefficient (Wildman–Crippen LogP) is 3.37. The molecule has 1 amide bonds. The maximum absolute atomic E-state index is 12.1. The molecule has 4 heteroatoms. The average Bonchev–Trinajstić information content (AvgIpc) is 2.70. The lowest BCUT2D eigenvalue weighted by Crippen LogP contribution is -2.46. The third-order valence-electron chi connectivity index (χ3n) is 4.62. The first-order valence-corrected chi connectivity index (χ1v) is 8.39. The molecule has 122 valence electrons. The quantitative estimate of drug-likeness (QED) is 0.783. The normalized spacial score (nSPS) is 23.0. The summed E-state index contributed by atoms with van der Waals surface area (Å²) in [6.45, 7) is 15.7. The summed E-state index contributed by atoms with van der Waals surface area (Å²) < 4.78 is 5.48. The van der Waals surface area contributed by atoms with Gasteiger partial charge in [0.1, 0.15) is 5.60 Å². The van der Waals surface area contributed by atoms with Crippen molar-refractivity contribution >= 4 is 6.09 Å². The fourth-order valence-corrected chi connectivity index (χ4v) is 3.60. The number of ether oxygens (including phenoxy) is 1. The molecule has 2 rings (SSSR count). The maximum Gasteiger partial charge on any atom is 0.410 e. The highest BCUT2D eigenvalue weighted by Gasteiger charge is 2.41. The molecule has 1 spiro atoms. The monoisotopic (exact) mass is 296 g/mol. The van der Waals surface area contributed by atoms with Crippen molar-refractivity contribution in [1.82, 2.24) is 9.80 Å². The second-order valence-electron chi connectivity index (χ2n) is 8.35. The summed E-state index contributed by atoms with van der Waals surface area (Å²) in [6, 6.07) is 0. The van der Waals surface area contributed by atoms with Gasteiger partial charge in [-0.3, -0.25) is 0 Å². The van der Waals surface area contributed by atoms with E-state index in [1.807, 2.05) is 25.7 Å². The molecule has 2 fully saturated rings. The minimum absolute atomic E-state index is 0.144. The van der Waals surface area contributed by atoms with Crippen LogP contribution in [0.2, 0.25) is 0 Å². The van der Waals surface area contributed by atoms with Crippen LogP contribution in [0.15, 0.2) is 0 Å². The fraction of sp³-hybridized carbons (Fsp3) is 0.941. The number of rotatable bonds is 2. The van der Waals surface area contributed by atoms with E-state index in [1.54, 1.807) is 0 Å². The second kappa shape index (κ2) is 6.15. The number of hydrogen-bond acceptors (Lipinski definition) is 3. The number of nitrogens with zero attached hydrogens (tertiary/aromatic N) is 2. The van der Waals surface area contributed by atoms with Gasteiger partial charge in [-0.15, -0.1) is 0 Å².